The van der Waals surface area contributed by atoms with Crippen LogP contribution in [0.2, 0.25) is 10.0 Å². The van der Waals surface area contributed by atoms with Gasteiger partial charge in [0.1, 0.15) is 0 Å². The molecule has 2 N–H and O–H groups in total. The minimum Gasteiger partial charge on any atom is -0.372 e. The summed E-state index contributed by atoms with van der Waals surface area (Å²) in [5.41, 5.74) is 5.26. The van der Waals surface area contributed by atoms with E-state index in [1.165, 1.54) is 0 Å². The molecular weight excluding hydrogens is 387 g/mol. The lowest BCUT2D eigenvalue weighted by Crippen LogP contribution is -2.46. The lowest BCUT2D eigenvalue weighted by Gasteiger charge is -2.36. The summed E-state index contributed by atoms with van der Waals surface area (Å²) < 4.78 is 5.86. The fourth-order valence-electron chi connectivity index (χ4n) is 3.26. The molecule has 1 unspecified atom stereocenters. The highest BCUT2D eigenvalue weighted by Gasteiger charge is 2.31. The maximum Gasteiger partial charge on any atom is 0.171 e. The maximum atomic E-state index is 6.18. The molecule has 6 heteroatoms. The molecule has 0 saturated carbocycles. The third kappa shape index (κ3) is 3.64. The van der Waals surface area contributed by atoms with Crippen molar-refractivity contribution >= 4 is 46.6 Å². The van der Waals surface area contributed by atoms with Crippen LogP contribution in [-0.4, -0.2) is 18.3 Å². The summed E-state index contributed by atoms with van der Waals surface area (Å²) in [4.78, 5) is 0. The Labute approximate surface area is 167 Å². The van der Waals surface area contributed by atoms with Crippen LogP contribution in [0.1, 0.15) is 17.2 Å². The molecule has 0 amide bonds. The van der Waals surface area contributed by atoms with Crippen molar-refractivity contribution in [2.24, 2.45) is 0 Å². The number of nitrogens with one attached hydrogen (secondary N) is 2. The van der Waals surface area contributed by atoms with Crippen molar-refractivity contribution in [2.75, 3.05) is 13.2 Å². The van der Waals surface area contributed by atoms with E-state index < -0.39 is 0 Å². The molecule has 1 atom stereocenters. The van der Waals surface area contributed by atoms with Crippen molar-refractivity contribution in [3.63, 3.8) is 0 Å². The number of thiocarbonyl (C=S) groups is 1. The smallest absolute Gasteiger partial charge is 0.171 e. The van der Waals surface area contributed by atoms with Crippen molar-refractivity contribution in [1.82, 2.24) is 10.6 Å². The highest BCUT2D eigenvalue weighted by atomic mass is 35.5. The first-order valence-electron chi connectivity index (χ1n) is 8.20. The third-order valence-electron chi connectivity index (χ3n) is 4.39. The minimum absolute atomic E-state index is 0.0690. The fourth-order valence-corrected chi connectivity index (χ4v) is 3.88. The van der Waals surface area contributed by atoms with E-state index in [0.717, 1.165) is 28.0 Å². The summed E-state index contributed by atoms with van der Waals surface area (Å²) in [5, 5.41) is 8.62. The molecule has 26 heavy (non-hydrogen) atoms. The van der Waals surface area contributed by atoms with Crippen molar-refractivity contribution in [3.05, 3.63) is 86.5 Å². The van der Waals surface area contributed by atoms with Crippen molar-refractivity contribution in [2.45, 2.75) is 6.04 Å². The van der Waals surface area contributed by atoms with E-state index in [-0.39, 0.29) is 6.04 Å². The summed E-state index contributed by atoms with van der Waals surface area (Å²) >= 11 is 17.7. The Bertz CT molecular complexity index is 939. The Morgan fingerprint density at radius 1 is 1.04 bits per heavy atom. The average Bonchev–Trinajstić information content (AvgIpc) is 2.62. The lowest BCUT2D eigenvalue weighted by molar-refractivity contribution is 0.164. The second kappa shape index (κ2) is 7.41. The number of benzene rings is 2. The van der Waals surface area contributed by atoms with Crippen LogP contribution in [-0.2, 0) is 4.74 Å². The van der Waals surface area contributed by atoms with E-state index >= 15 is 0 Å². The summed E-state index contributed by atoms with van der Waals surface area (Å²) in [6.45, 7) is 1.05. The van der Waals surface area contributed by atoms with E-state index in [1.54, 1.807) is 0 Å². The topological polar surface area (TPSA) is 33.3 Å². The quantitative estimate of drug-likeness (QED) is 0.701. The van der Waals surface area contributed by atoms with Crippen LogP contribution < -0.4 is 10.6 Å². The highest BCUT2D eigenvalue weighted by molar-refractivity contribution is 7.80. The van der Waals surface area contributed by atoms with Crippen LogP contribution in [0.4, 0.5) is 0 Å². The molecule has 0 spiro atoms. The SMILES string of the molecule is S=C1NC2=C(COCC2=Cc2cccc(Cl)c2)C(c2cccc(Cl)c2)N1. The molecule has 4 rings (SSSR count). The molecule has 2 aromatic carbocycles. The van der Waals surface area contributed by atoms with Gasteiger partial charge in [0.05, 0.1) is 19.3 Å². The molecule has 0 saturated heterocycles. The van der Waals surface area contributed by atoms with Gasteiger partial charge in [-0.15, -0.1) is 0 Å². The van der Waals surface area contributed by atoms with Crippen molar-refractivity contribution in [1.29, 1.82) is 0 Å². The Morgan fingerprint density at radius 2 is 1.81 bits per heavy atom. The molecule has 132 valence electrons. The number of rotatable bonds is 2. The van der Waals surface area contributed by atoms with E-state index in [4.69, 9.17) is 40.2 Å². The van der Waals surface area contributed by atoms with E-state index in [0.29, 0.717) is 28.4 Å². The second-order valence-corrected chi connectivity index (χ2v) is 7.49. The molecule has 0 aromatic heterocycles. The van der Waals surface area contributed by atoms with E-state index in [1.807, 2.05) is 48.5 Å². The molecular formula is C20H16Cl2N2OS. The molecule has 0 fully saturated rings. The fraction of sp³-hybridized carbons (Fsp3) is 0.150. The zero-order chi connectivity index (χ0) is 18.1. The summed E-state index contributed by atoms with van der Waals surface area (Å²) in [6, 6.07) is 15.5. The molecule has 2 aliphatic rings. The van der Waals surface area contributed by atoms with Crippen LogP contribution in [0.3, 0.4) is 0 Å². The van der Waals surface area contributed by atoms with Gasteiger partial charge < -0.3 is 15.4 Å². The average molecular weight is 403 g/mol. The zero-order valence-corrected chi connectivity index (χ0v) is 16.1. The van der Waals surface area contributed by atoms with Gasteiger partial charge in [-0.05, 0) is 53.7 Å². The van der Waals surface area contributed by atoms with Gasteiger partial charge in [0.25, 0.3) is 0 Å². The first kappa shape index (κ1) is 17.6. The van der Waals surface area contributed by atoms with Crippen LogP contribution in [0, 0.1) is 0 Å². The monoisotopic (exact) mass is 402 g/mol. The predicted octanol–water partition coefficient (Wildman–Crippen LogP) is 4.88. The number of hydrogen-bond acceptors (Lipinski definition) is 2. The summed E-state index contributed by atoms with van der Waals surface area (Å²) in [6.07, 6.45) is 2.08. The normalized spacial score (nSPS) is 21.2. The second-order valence-electron chi connectivity index (χ2n) is 6.20. The van der Waals surface area contributed by atoms with Crippen LogP contribution >= 0.6 is 35.4 Å². The Balaban J connectivity index is 1.78. The molecule has 3 nitrogen and oxygen atoms in total. The highest BCUT2D eigenvalue weighted by Crippen LogP contribution is 2.34. The Hall–Kier alpha value is -1.85. The number of halogens is 2. The molecule has 0 aliphatic carbocycles. The lowest BCUT2D eigenvalue weighted by atomic mass is 9.91. The molecule has 0 bridgehead atoms. The minimum atomic E-state index is -0.0690. The summed E-state index contributed by atoms with van der Waals surface area (Å²) in [5.74, 6) is 0. The van der Waals surface area contributed by atoms with Gasteiger partial charge in [-0.3, -0.25) is 0 Å². The van der Waals surface area contributed by atoms with Gasteiger partial charge >= 0.3 is 0 Å². The van der Waals surface area contributed by atoms with Gasteiger partial charge in [-0.1, -0.05) is 47.5 Å². The number of hydrogen-bond donors (Lipinski definition) is 2. The Morgan fingerprint density at radius 3 is 2.58 bits per heavy atom. The maximum absolute atomic E-state index is 6.18. The Kier molecular flexibility index (Phi) is 5.00. The van der Waals surface area contributed by atoms with Crippen molar-refractivity contribution < 1.29 is 4.74 Å². The molecule has 2 aliphatic heterocycles. The largest absolute Gasteiger partial charge is 0.372 e. The van der Waals surface area contributed by atoms with Gasteiger partial charge in [0, 0.05) is 26.9 Å². The first-order valence-corrected chi connectivity index (χ1v) is 9.37. The van der Waals surface area contributed by atoms with E-state index in [2.05, 4.69) is 16.7 Å². The first-order chi connectivity index (χ1) is 12.6. The van der Waals surface area contributed by atoms with E-state index in [9.17, 15) is 0 Å². The standard InChI is InChI=1S/C20H16Cl2N2OS/c21-15-5-1-3-12(8-15)7-14-10-25-11-17-18(23-20(26)24-19(14)17)13-4-2-6-16(22)9-13/h1-9,18H,10-11H2,(H2,23,24,26). The van der Waals surface area contributed by atoms with Gasteiger partial charge in [0.15, 0.2) is 5.11 Å². The third-order valence-corrected chi connectivity index (χ3v) is 5.08. The zero-order valence-electron chi connectivity index (χ0n) is 13.8. The molecule has 0 radical (unpaired) electrons. The van der Waals surface area contributed by atoms with Crippen LogP contribution in [0.25, 0.3) is 6.08 Å². The van der Waals surface area contributed by atoms with Gasteiger partial charge in [-0.25, -0.2) is 0 Å². The summed E-state index contributed by atoms with van der Waals surface area (Å²) in [7, 11) is 0. The molecule has 2 heterocycles. The van der Waals surface area contributed by atoms with Gasteiger partial charge in [0.2, 0.25) is 0 Å². The van der Waals surface area contributed by atoms with Crippen LogP contribution in [0.15, 0.2) is 65.4 Å². The van der Waals surface area contributed by atoms with Gasteiger partial charge in [-0.2, -0.15) is 0 Å². The number of ether oxygens (including phenoxy) is 1. The van der Waals surface area contributed by atoms with Crippen molar-refractivity contribution in [3.8, 4) is 0 Å². The van der Waals surface area contributed by atoms with Crippen LogP contribution in [0.5, 0.6) is 0 Å². The predicted molar refractivity (Wildman–Crippen MR) is 110 cm³/mol. The molecule has 2 aromatic rings.